The van der Waals surface area contributed by atoms with Gasteiger partial charge in [-0.2, -0.15) is 0 Å². The van der Waals surface area contributed by atoms with E-state index in [2.05, 4.69) is 10.6 Å². The van der Waals surface area contributed by atoms with Crippen LogP contribution in [0.15, 0.2) is 24.3 Å². The fraction of sp³-hybridized carbons (Fsp3) is 0.471. The third kappa shape index (κ3) is 4.04. The van der Waals surface area contributed by atoms with Gasteiger partial charge in [-0.3, -0.25) is 9.59 Å². The third-order valence-electron chi connectivity index (χ3n) is 4.49. The van der Waals surface area contributed by atoms with Crippen LogP contribution in [0.2, 0.25) is 0 Å². The molecule has 4 N–H and O–H groups in total. The van der Waals surface area contributed by atoms with Gasteiger partial charge in [0, 0.05) is 36.3 Å². The van der Waals surface area contributed by atoms with E-state index in [4.69, 9.17) is 5.73 Å². The smallest absolute Gasteiger partial charge is 0.317 e. The minimum atomic E-state index is -0.496. The largest absolute Gasteiger partial charge is 0.366 e. The lowest BCUT2D eigenvalue weighted by Gasteiger charge is -2.31. The molecule has 1 aliphatic carbocycles. The maximum Gasteiger partial charge on any atom is 0.317 e. The molecule has 1 aliphatic heterocycles. The average molecular weight is 330 g/mol. The summed E-state index contributed by atoms with van der Waals surface area (Å²) in [4.78, 5) is 37.1. The highest BCUT2D eigenvalue weighted by molar-refractivity contribution is 5.95. The molecule has 128 valence electrons. The van der Waals surface area contributed by atoms with E-state index in [9.17, 15) is 14.4 Å². The van der Waals surface area contributed by atoms with Crippen LogP contribution in [0.3, 0.4) is 0 Å². The van der Waals surface area contributed by atoms with Crippen LogP contribution >= 0.6 is 0 Å². The summed E-state index contributed by atoms with van der Waals surface area (Å²) in [6, 6.07) is 6.83. The number of amides is 4. The van der Waals surface area contributed by atoms with Crippen molar-refractivity contribution < 1.29 is 14.4 Å². The van der Waals surface area contributed by atoms with Gasteiger partial charge in [-0.15, -0.1) is 0 Å². The zero-order valence-corrected chi connectivity index (χ0v) is 13.5. The van der Waals surface area contributed by atoms with E-state index in [1.54, 1.807) is 29.2 Å². The molecule has 0 radical (unpaired) electrons. The third-order valence-corrected chi connectivity index (χ3v) is 4.49. The van der Waals surface area contributed by atoms with E-state index in [0.717, 1.165) is 12.8 Å². The average Bonchev–Trinajstić information content (AvgIpc) is 3.39. The number of hydrogen-bond acceptors (Lipinski definition) is 3. The molecule has 4 amide bonds. The predicted octanol–water partition coefficient (Wildman–Crippen LogP) is 1.31. The lowest BCUT2D eigenvalue weighted by atomic mass is 9.96. The quantitative estimate of drug-likeness (QED) is 0.775. The molecular weight excluding hydrogens is 308 g/mol. The second-order valence-electron chi connectivity index (χ2n) is 6.42. The predicted molar refractivity (Wildman–Crippen MR) is 89.4 cm³/mol. The summed E-state index contributed by atoms with van der Waals surface area (Å²) in [6.07, 6.45) is 3.45. The Bertz CT molecular complexity index is 632. The fourth-order valence-electron chi connectivity index (χ4n) is 2.80. The molecular formula is C17H22N4O3. The van der Waals surface area contributed by atoms with E-state index in [1.165, 1.54) is 0 Å². The summed E-state index contributed by atoms with van der Waals surface area (Å²) in [6.45, 7) is 1.19. The minimum Gasteiger partial charge on any atom is -0.366 e. The van der Waals surface area contributed by atoms with Crippen LogP contribution in [0.4, 0.5) is 10.5 Å². The molecule has 1 aromatic rings. The maximum atomic E-state index is 12.3. The van der Waals surface area contributed by atoms with Gasteiger partial charge in [0.25, 0.3) is 0 Å². The number of nitrogens with two attached hydrogens (primary N) is 1. The first kappa shape index (κ1) is 16.3. The summed E-state index contributed by atoms with van der Waals surface area (Å²) < 4.78 is 0. The Morgan fingerprint density at radius 1 is 1.00 bits per heavy atom. The normalized spacial score (nSPS) is 18.1. The first-order valence-corrected chi connectivity index (χ1v) is 8.29. The second-order valence-corrected chi connectivity index (χ2v) is 6.42. The van der Waals surface area contributed by atoms with Crippen molar-refractivity contribution in [2.45, 2.75) is 31.7 Å². The summed E-state index contributed by atoms with van der Waals surface area (Å²) in [7, 11) is 0. The fourth-order valence-corrected chi connectivity index (χ4v) is 2.80. The van der Waals surface area contributed by atoms with Gasteiger partial charge in [0.05, 0.1) is 0 Å². The molecule has 0 spiro atoms. The molecule has 3 rings (SSSR count). The van der Waals surface area contributed by atoms with Crippen LogP contribution in [0, 0.1) is 5.92 Å². The van der Waals surface area contributed by atoms with Gasteiger partial charge in [0.15, 0.2) is 0 Å². The molecule has 1 aromatic carbocycles. The Morgan fingerprint density at radius 2 is 1.62 bits per heavy atom. The number of piperidine rings is 1. The number of carbonyl (C=O) groups is 3. The SMILES string of the molecule is NC(=O)c1ccc(NC(=O)C2CCN(C(=O)NC3CC3)CC2)cc1. The highest BCUT2D eigenvalue weighted by atomic mass is 16.2. The van der Waals surface area contributed by atoms with E-state index < -0.39 is 5.91 Å². The van der Waals surface area contributed by atoms with Gasteiger partial charge in [0.1, 0.15) is 0 Å². The summed E-state index contributed by atoms with van der Waals surface area (Å²) >= 11 is 0. The zero-order valence-electron chi connectivity index (χ0n) is 13.5. The molecule has 1 heterocycles. The number of nitrogens with zero attached hydrogens (tertiary/aromatic N) is 1. The van der Waals surface area contributed by atoms with Gasteiger partial charge in [-0.1, -0.05) is 0 Å². The van der Waals surface area contributed by atoms with Crippen LogP contribution in [-0.4, -0.2) is 41.9 Å². The molecule has 1 saturated heterocycles. The highest BCUT2D eigenvalue weighted by Gasteiger charge is 2.30. The Morgan fingerprint density at radius 3 is 2.17 bits per heavy atom. The number of benzene rings is 1. The Balaban J connectivity index is 1.47. The number of carbonyl (C=O) groups excluding carboxylic acids is 3. The van der Waals surface area contributed by atoms with Crippen molar-refractivity contribution in [3.8, 4) is 0 Å². The number of primary amides is 1. The van der Waals surface area contributed by atoms with Gasteiger partial charge >= 0.3 is 6.03 Å². The number of urea groups is 1. The number of anilines is 1. The van der Waals surface area contributed by atoms with Gasteiger partial charge in [-0.25, -0.2) is 4.79 Å². The Hall–Kier alpha value is -2.57. The van der Waals surface area contributed by atoms with E-state index >= 15 is 0 Å². The topological polar surface area (TPSA) is 105 Å². The van der Waals surface area contributed by atoms with E-state index in [-0.39, 0.29) is 17.9 Å². The summed E-state index contributed by atoms with van der Waals surface area (Å²) in [5.41, 5.74) is 6.23. The van der Waals surface area contributed by atoms with Crippen molar-refractivity contribution >= 4 is 23.5 Å². The molecule has 0 aromatic heterocycles. The standard InChI is InChI=1S/C17H22N4O3/c18-15(22)11-1-3-13(4-2-11)19-16(23)12-7-9-21(10-8-12)17(24)20-14-5-6-14/h1-4,12,14H,5-10H2,(H2,18,22)(H,19,23)(H,20,24). The Kier molecular flexibility index (Phi) is 4.69. The molecule has 2 aliphatic rings. The van der Waals surface area contributed by atoms with Crippen LogP contribution in [0.25, 0.3) is 0 Å². The first-order chi connectivity index (χ1) is 11.5. The molecule has 1 saturated carbocycles. The monoisotopic (exact) mass is 330 g/mol. The molecule has 0 atom stereocenters. The zero-order chi connectivity index (χ0) is 17.1. The number of hydrogen-bond donors (Lipinski definition) is 3. The summed E-state index contributed by atoms with van der Waals surface area (Å²) in [5.74, 6) is -0.653. The van der Waals surface area contributed by atoms with Crippen LogP contribution in [-0.2, 0) is 4.79 Å². The summed E-state index contributed by atoms with van der Waals surface area (Å²) in [5, 5.41) is 5.82. The highest BCUT2D eigenvalue weighted by Crippen LogP contribution is 2.22. The molecule has 7 heteroatoms. The van der Waals surface area contributed by atoms with Crippen molar-refractivity contribution in [1.82, 2.24) is 10.2 Å². The molecule has 0 bridgehead atoms. The van der Waals surface area contributed by atoms with E-state index in [1.807, 2.05) is 0 Å². The van der Waals surface area contributed by atoms with Crippen LogP contribution in [0.5, 0.6) is 0 Å². The van der Waals surface area contributed by atoms with Crippen molar-refractivity contribution in [3.05, 3.63) is 29.8 Å². The lowest BCUT2D eigenvalue weighted by Crippen LogP contribution is -2.46. The van der Waals surface area contributed by atoms with Gasteiger partial charge in [-0.05, 0) is 49.9 Å². The molecule has 24 heavy (non-hydrogen) atoms. The molecule has 2 fully saturated rings. The lowest BCUT2D eigenvalue weighted by molar-refractivity contribution is -0.121. The number of likely N-dealkylation sites (tertiary alicyclic amines) is 1. The van der Waals surface area contributed by atoms with Crippen molar-refractivity contribution in [2.75, 3.05) is 18.4 Å². The van der Waals surface area contributed by atoms with Crippen LogP contribution in [0.1, 0.15) is 36.0 Å². The minimum absolute atomic E-state index is 0.0154. The second kappa shape index (κ2) is 6.90. The first-order valence-electron chi connectivity index (χ1n) is 8.29. The number of rotatable bonds is 4. The van der Waals surface area contributed by atoms with Crippen molar-refractivity contribution in [3.63, 3.8) is 0 Å². The Labute approximate surface area is 140 Å². The van der Waals surface area contributed by atoms with Gasteiger partial charge < -0.3 is 21.3 Å². The number of nitrogens with one attached hydrogen (secondary N) is 2. The van der Waals surface area contributed by atoms with E-state index in [0.29, 0.717) is 43.2 Å². The maximum absolute atomic E-state index is 12.3. The van der Waals surface area contributed by atoms with Crippen LogP contribution < -0.4 is 16.4 Å². The van der Waals surface area contributed by atoms with Crippen molar-refractivity contribution in [1.29, 1.82) is 0 Å². The van der Waals surface area contributed by atoms with Gasteiger partial charge in [0.2, 0.25) is 11.8 Å². The molecule has 0 unspecified atom stereocenters. The van der Waals surface area contributed by atoms with Crippen molar-refractivity contribution in [2.24, 2.45) is 11.7 Å². The molecule has 7 nitrogen and oxygen atoms in total.